The van der Waals surface area contributed by atoms with E-state index in [0.29, 0.717) is 17.7 Å². The van der Waals surface area contributed by atoms with Crippen molar-refractivity contribution >= 4 is 29.5 Å². The number of carbonyl (C=O) groups is 4. The SMILES string of the molecule is CCc1ccc(C(C(=O)Nc2ccccc2C)N(C(=O)C(CC(N)=O)NC(=O)OC(C)(C)C)C(C)CC)cc1. The zero-order chi connectivity index (χ0) is 29.3. The molecular formula is C30H42N4O5. The van der Waals surface area contributed by atoms with Gasteiger partial charge in [0.15, 0.2) is 0 Å². The number of para-hydroxylation sites is 1. The number of hydrogen-bond donors (Lipinski definition) is 3. The Morgan fingerprint density at radius 2 is 1.62 bits per heavy atom. The van der Waals surface area contributed by atoms with Crippen LogP contribution in [0, 0.1) is 6.92 Å². The van der Waals surface area contributed by atoms with Crippen LogP contribution in [0.4, 0.5) is 10.5 Å². The molecule has 9 nitrogen and oxygen atoms in total. The van der Waals surface area contributed by atoms with Crippen molar-refractivity contribution in [2.75, 3.05) is 5.32 Å². The zero-order valence-electron chi connectivity index (χ0n) is 24.0. The summed E-state index contributed by atoms with van der Waals surface area (Å²) in [6.45, 7) is 12.7. The Morgan fingerprint density at radius 1 is 1.00 bits per heavy atom. The Kier molecular flexibility index (Phi) is 11.1. The molecule has 3 unspecified atom stereocenters. The summed E-state index contributed by atoms with van der Waals surface area (Å²) in [6, 6.07) is 12.1. The average Bonchev–Trinajstić information content (AvgIpc) is 2.86. The van der Waals surface area contributed by atoms with Crippen molar-refractivity contribution < 1.29 is 23.9 Å². The van der Waals surface area contributed by atoms with Crippen LogP contribution >= 0.6 is 0 Å². The van der Waals surface area contributed by atoms with Crippen molar-refractivity contribution in [1.29, 1.82) is 0 Å². The maximum atomic E-state index is 14.1. The Bertz CT molecular complexity index is 1160. The summed E-state index contributed by atoms with van der Waals surface area (Å²) in [7, 11) is 0. The molecule has 0 aliphatic heterocycles. The van der Waals surface area contributed by atoms with E-state index in [1.165, 1.54) is 4.90 Å². The van der Waals surface area contributed by atoms with E-state index in [-0.39, 0.29) is 0 Å². The lowest BCUT2D eigenvalue weighted by molar-refractivity contribution is -0.144. The molecule has 0 saturated carbocycles. The van der Waals surface area contributed by atoms with Crippen LogP contribution < -0.4 is 16.4 Å². The van der Waals surface area contributed by atoms with E-state index in [2.05, 4.69) is 10.6 Å². The summed E-state index contributed by atoms with van der Waals surface area (Å²) in [5, 5.41) is 5.47. The summed E-state index contributed by atoms with van der Waals surface area (Å²) in [5.74, 6) is -1.81. The lowest BCUT2D eigenvalue weighted by Gasteiger charge is -2.38. The molecule has 3 atom stereocenters. The maximum Gasteiger partial charge on any atom is 0.408 e. The van der Waals surface area contributed by atoms with Crippen molar-refractivity contribution in [2.45, 2.75) is 91.5 Å². The van der Waals surface area contributed by atoms with Gasteiger partial charge < -0.3 is 26.0 Å². The predicted molar refractivity (Wildman–Crippen MR) is 152 cm³/mol. The number of aryl methyl sites for hydroxylation is 2. The van der Waals surface area contributed by atoms with Crippen molar-refractivity contribution in [3.05, 3.63) is 65.2 Å². The fraction of sp³-hybridized carbons (Fsp3) is 0.467. The summed E-state index contributed by atoms with van der Waals surface area (Å²) in [5.41, 5.74) is 7.80. The van der Waals surface area contributed by atoms with Crippen molar-refractivity contribution in [1.82, 2.24) is 10.2 Å². The number of anilines is 1. The van der Waals surface area contributed by atoms with Gasteiger partial charge in [-0.15, -0.1) is 0 Å². The number of amides is 4. The molecule has 0 spiro atoms. The van der Waals surface area contributed by atoms with Crippen LogP contribution in [0.5, 0.6) is 0 Å². The Morgan fingerprint density at radius 3 is 2.13 bits per heavy atom. The smallest absolute Gasteiger partial charge is 0.408 e. The van der Waals surface area contributed by atoms with Crippen LogP contribution in [0.3, 0.4) is 0 Å². The van der Waals surface area contributed by atoms with Crippen molar-refractivity contribution in [3.63, 3.8) is 0 Å². The van der Waals surface area contributed by atoms with Crippen LogP contribution in [0.2, 0.25) is 0 Å². The van der Waals surface area contributed by atoms with Crippen molar-refractivity contribution in [3.8, 4) is 0 Å². The number of nitrogens with two attached hydrogens (primary N) is 1. The normalized spacial score (nSPS) is 13.5. The number of nitrogens with one attached hydrogen (secondary N) is 2. The third-order valence-electron chi connectivity index (χ3n) is 6.35. The van der Waals surface area contributed by atoms with Crippen LogP contribution in [0.25, 0.3) is 0 Å². The molecule has 0 aliphatic carbocycles. The zero-order valence-corrected chi connectivity index (χ0v) is 24.0. The van der Waals surface area contributed by atoms with Crippen LogP contribution in [0.1, 0.15) is 77.1 Å². The summed E-state index contributed by atoms with van der Waals surface area (Å²) in [4.78, 5) is 54.0. The predicted octanol–water partition coefficient (Wildman–Crippen LogP) is 4.63. The molecule has 4 amide bonds. The fourth-order valence-corrected chi connectivity index (χ4v) is 4.11. The first-order chi connectivity index (χ1) is 18.3. The van der Waals surface area contributed by atoms with Gasteiger partial charge in [-0.2, -0.15) is 0 Å². The van der Waals surface area contributed by atoms with Gasteiger partial charge in [-0.05, 0) is 70.2 Å². The van der Waals surface area contributed by atoms with E-state index in [1.54, 1.807) is 26.8 Å². The average molecular weight is 539 g/mol. The molecule has 0 heterocycles. The van der Waals surface area contributed by atoms with Gasteiger partial charge >= 0.3 is 6.09 Å². The molecule has 0 saturated heterocycles. The minimum atomic E-state index is -1.32. The molecule has 39 heavy (non-hydrogen) atoms. The highest BCUT2D eigenvalue weighted by Crippen LogP contribution is 2.29. The number of ether oxygens (including phenoxy) is 1. The molecule has 2 aromatic rings. The van der Waals surface area contributed by atoms with Gasteiger partial charge in [0.05, 0.1) is 6.42 Å². The molecule has 212 valence electrons. The largest absolute Gasteiger partial charge is 0.444 e. The number of carbonyl (C=O) groups excluding carboxylic acids is 4. The highest BCUT2D eigenvalue weighted by molar-refractivity contribution is 6.00. The van der Waals surface area contributed by atoms with E-state index in [9.17, 15) is 19.2 Å². The lowest BCUT2D eigenvalue weighted by Crippen LogP contribution is -2.55. The van der Waals surface area contributed by atoms with Gasteiger partial charge in [0.25, 0.3) is 5.91 Å². The van der Waals surface area contributed by atoms with Crippen molar-refractivity contribution in [2.24, 2.45) is 5.73 Å². The fourth-order valence-electron chi connectivity index (χ4n) is 4.11. The minimum absolute atomic E-state index is 0.419. The number of rotatable bonds is 11. The lowest BCUT2D eigenvalue weighted by atomic mass is 9.97. The third kappa shape index (κ3) is 9.12. The van der Waals surface area contributed by atoms with Gasteiger partial charge in [0, 0.05) is 11.7 Å². The topological polar surface area (TPSA) is 131 Å². The first kappa shape index (κ1) is 31.3. The standard InChI is InChI=1S/C30H42N4O5/c1-8-20(4)34(28(37)24(18-25(31)35)33-29(38)39-30(5,6)7)26(22-16-14-21(9-2)15-17-22)27(36)32-23-13-11-10-12-19(23)3/h10-17,20,24,26H,8-9,18H2,1-7H3,(H2,31,35)(H,32,36)(H,33,38). The monoisotopic (exact) mass is 538 g/mol. The Labute approximate surface area is 231 Å². The number of hydrogen-bond acceptors (Lipinski definition) is 5. The third-order valence-corrected chi connectivity index (χ3v) is 6.35. The first-order valence-electron chi connectivity index (χ1n) is 13.3. The molecule has 0 aliphatic rings. The molecular weight excluding hydrogens is 496 g/mol. The Balaban J connectivity index is 2.59. The number of nitrogens with zero attached hydrogens (tertiary/aromatic N) is 1. The summed E-state index contributed by atoms with van der Waals surface area (Å²) in [6.07, 6.45) is 0.0167. The number of alkyl carbamates (subject to hydrolysis) is 1. The Hall–Kier alpha value is -3.88. The van der Waals surface area contributed by atoms with Gasteiger partial charge in [0.2, 0.25) is 11.8 Å². The quantitative estimate of drug-likeness (QED) is 0.384. The molecule has 0 bridgehead atoms. The van der Waals surface area contributed by atoms with Gasteiger partial charge in [-0.25, -0.2) is 4.79 Å². The summed E-state index contributed by atoms with van der Waals surface area (Å²) >= 11 is 0. The molecule has 0 aromatic heterocycles. The molecule has 4 N–H and O–H groups in total. The van der Waals surface area contributed by atoms with Crippen LogP contribution in [0.15, 0.2) is 48.5 Å². The second kappa shape index (κ2) is 13.8. The van der Waals surface area contributed by atoms with Crippen LogP contribution in [-0.2, 0) is 25.5 Å². The second-order valence-corrected chi connectivity index (χ2v) is 10.7. The highest BCUT2D eigenvalue weighted by atomic mass is 16.6. The van der Waals surface area contributed by atoms with E-state index < -0.39 is 54.0 Å². The molecule has 9 heteroatoms. The maximum absolute atomic E-state index is 14.1. The molecule has 0 fully saturated rings. The van der Waals surface area contributed by atoms with E-state index in [4.69, 9.17) is 10.5 Å². The van der Waals surface area contributed by atoms with Crippen LogP contribution in [-0.4, -0.2) is 46.4 Å². The van der Waals surface area contributed by atoms with E-state index in [0.717, 1.165) is 17.5 Å². The van der Waals surface area contributed by atoms with E-state index in [1.807, 2.05) is 70.2 Å². The second-order valence-electron chi connectivity index (χ2n) is 10.7. The minimum Gasteiger partial charge on any atom is -0.444 e. The summed E-state index contributed by atoms with van der Waals surface area (Å²) < 4.78 is 5.32. The van der Waals surface area contributed by atoms with E-state index >= 15 is 0 Å². The van der Waals surface area contributed by atoms with Gasteiger partial charge in [-0.3, -0.25) is 14.4 Å². The highest BCUT2D eigenvalue weighted by Gasteiger charge is 2.39. The molecule has 2 rings (SSSR count). The van der Waals surface area contributed by atoms with Gasteiger partial charge in [-0.1, -0.05) is 56.3 Å². The number of primary amides is 1. The first-order valence-corrected chi connectivity index (χ1v) is 13.3. The number of benzene rings is 2. The molecule has 2 aromatic carbocycles. The van der Waals surface area contributed by atoms with Gasteiger partial charge in [0.1, 0.15) is 17.7 Å². The molecule has 0 radical (unpaired) electrons.